The van der Waals surface area contributed by atoms with Gasteiger partial charge in [0.05, 0.1) is 7.11 Å². The number of hydrogen-bond donors (Lipinski definition) is 0. The maximum atomic E-state index is 11.9. The van der Waals surface area contributed by atoms with Crippen molar-refractivity contribution in [2.75, 3.05) is 7.11 Å². The van der Waals surface area contributed by atoms with E-state index in [-0.39, 0.29) is 4.64 Å². The summed E-state index contributed by atoms with van der Waals surface area (Å²) in [6.45, 7) is 4.12. The molecule has 0 fully saturated rings. The second-order valence-corrected chi connectivity index (χ2v) is 6.66. The number of pyridine rings is 1. The van der Waals surface area contributed by atoms with E-state index in [0.29, 0.717) is 22.6 Å². The molecule has 5 nitrogen and oxygen atoms in total. The topological polar surface area (TPSA) is 71.4 Å². The third-order valence-corrected chi connectivity index (χ3v) is 4.33. The van der Waals surface area contributed by atoms with Gasteiger partial charge in [0.1, 0.15) is 5.75 Å². The van der Waals surface area contributed by atoms with Crippen molar-refractivity contribution in [1.29, 1.82) is 0 Å². The maximum Gasteiger partial charge on any atom is 0.238 e. The Morgan fingerprint density at radius 2 is 1.83 bits per heavy atom. The molecule has 0 unspecified atom stereocenters. The van der Waals surface area contributed by atoms with Crippen molar-refractivity contribution < 1.29 is 13.2 Å². The normalized spacial score (nSPS) is 10.8. The van der Waals surface area contributed by atoms with E-state index in [1.807, 2.05) is 24.3 Å². The maximum absolute atomic E-state index is 11.9. The minimum Gasteiger partial charge on any atom is -0.805 e. The zero-order valence-electron chi connectivity index (χ0n) is 13.4. The van der Waals surface area contributed by atoms with Crippen molar-refractivity contribution in [1.82, 2.24) is 4.73 Å². The smallest absolute Gasteiger partial charge is 0.238 e. The number of benzene rings is 1. The van der Waals surface area contributed by atoms with Gasteiger partial charge < -0.3 is 14.7 Å². The fourth-order valence-electron chi connectivity index (χ4n) is 2.54. The summed E-state index contributed by atoms with van der Waals surface area (Å²) in [6.07, 6.45) is 2.37. The zero-order chi connectivity index (χ0) is 17.0. The van der Waals surface area contributed by atoms with Crippen LogP contribution >= 0.6 is 0 Å². The quantitative estimate of drug-likeness (QED) is 0.788. The lowest BCUT2D eigenvalue weighted by molar-refractivity contribution is 0.414. The number of methoxy groups -OCH3 is 1. The van der Waals surface area contributed by atoms with Crippen molar-refractivity contribution in [2.45, 2.75) is 26.7 Å². The van der Waals surface area contributed by atoms with E-state index < -0.39 is 10.3 Å². The summed E-state index contributed by atoms with van der Waals surface area (Å²) < 4.78 is 28.4. The lowest BCUT2D eigenvalue weighted by Crippen LogP contribution is -2.07. The van der Waals surface area contributed by atoms with Gasteiger partial charge >= 0.3 is 0 Å². The predicted octanol–water partition coefficient (Wildman–Crippen LogP) is 3.04. The highest BCUT2D eigenvalue weighted by atomic mass is 32.2. The van der Waals surface area contributed by atoms with Crippen molar-refractivity contribution in [3.8, 4) is 5.75 Å². The lowest BCUT2D eigenvalue weighted by Gasteiger charge is -2.18. The Balaban J connectivity index is 2.57. The van der Waals surface area contributed by atoms with E-state index >= 15 is 0 Å². The van der Waals surface area contributed by atoms with Crippen LogP contribution in [0.3, 0.4) is 0 Å². The van der Waals surface area contributed by atoms with Crippen LogP contribution in [0.1, 0.15) is 30.5 Å². The summed E-state index contributed by atoms with van der Waals surface area (Å²) in [5.41, 5.74) is 2.38. The summed E-state index contributed by atoms with van der Waals surface area (Å²) in [5, 5.41) is 11.9. The highest BCUT2D eigenvalue weighted by Gasteiger charge is 2.10. The summed E-state index contributed by atoms with van der Waals surface area (Å²) >= 11 is 0. The molecule has 124 valence electrons. The molecule has 6 heteroatoms. The van der Waals surface area contributed by atoms with Gasteiger partial charge in [-0.3, -0.25) is 0 Å². The molecule has 0 spiro atoms. The third-order valence-electron chi connectivity index (χ3n) is 3.58. The standard InChI is InChI=1S/C17H20NO4S/c1-12(2)10-14-8-9-18(19)17(23(20)21)16(14)11-13-4-6-15(22-3)7-5-13/h4-9,12H,10-11H2,1-3H3/q-1. The molecule has 0 radical (unpaired) electrons. The predicted molar refractivity (Wildman–Crippen MR) is 89.7 cm³/mol. The summed E-state index contributed by atoms with van der Waals surface area (Å²) in [5.74, 6) is 1.09. The molecular weight excluding hydrogens is 314 g/mol. The van der Waals surface area contributed by atoms with Gasteiger partial charge in [-0.2, -0.15) is 8.42 Å². The molecule has 0 N–H and O–H groups in total. The Bertz CT molecular complexity index is 841. The molecule has 1 aromatic carbocycles. The van der Waals surface area contributed by atoms with Gasteiger partial charge in [-0.15, -0.1) is 0 Å². The molecule has 0 aliphatic rings. The van der Waals surface area contributed by atoms with Crippen LogP contribution in [0.5, 0.6) is 5.75 Å². The van der Waals surface area contributed by atoms with Crippen LogP contribution in [-0.2, 0) is 23.1 Å². The molecule has 0 saturated carbocycles. The fraction of sp³-hybridized carbons (Fsp3) is 0.353. The molecular formula is C17H20NO4S-. The van der Waals surface area contributed by atoms with Crippen molar-refractivity contribution >= 4 is 10.3 Å². The SMILES string of the molecule is COc1ccc(Cc2c(CC(C)C)ccn([O-])c2=S(=O)=O)cc1. The Labute approximate surface area is 137 Å². The Morgan fingerprint density at radius 3 is 2.35 bits per heavy atom. The molecule has 0 saturated heterocycles. The Hall–Kier alpha value is -2.21. The summed E-state index contributed by atoms with van der Waals surface area (Å²) in [4.78, 5) is 0. The minimum absolute atomic E-state index is 0.195. The van der Waals surface area contributed by atoms with Crippen molar-refractivity contribution in [3.05, 3.63) is 63.1 Å². The van der Waals surface area contributed by atoms with E-state index in [0.717, 1.165) is 23.3 Å². The van der Waals surface area contributed by atoms with Crippen LogP contribution in [0.4, 0.5) is 0 Å². The van der Waals surface area contributed by atoms with Gasteiger partial charge in [-0.1, -0.05) is 26.0 Å². The highest BCUT2D eigenvalue weighted by Crippen LogP contribution is 2.20. The first-order chi connectivity index (χ1) is 10.9. The number of rotatable bonds is 5. The Morgan fingerprint density at radius 1 is 1.17 bits per heavy atom. The van der Waals surface area contributed by atoms with Crippen molar-refractivity contribution in [2.24, 2.45) is 5.92 Å². The van der Waals surface area contributed by atoms with E-state index in [1.165, 1.54) is 6.20 Å². The van der Waals surface area contributed by atoms with Gasteiger partial charge in [0.2, 0.25) is 10.3 Å². The number of nitrogens with zero attached hydrogens (tertiary/aromatic N) is 1. The van der Waals surface area contributed by atoms with E-state index in [1.54, 1.807) is 13.2 Å². The number of hydrogen-bond acceptors (Lipinski definition) is 4. The summed E-state index contributed by atoms with van der Waals surface area (Å²) in [6, 6.07) is 9.09. The number of ether oxygens (including phenoxy) is 1. The van der Waals surface area contributed by atoms with Crippen LogP contribution < -0.4 is 4.74 Å². The molecule has 0 bridgehead atoms. The molecule has 0 aliphatic carbocycles. The molecule has 2 aromatic rings. The second-order valence-electron chi connectivity index (χ2n) is 5.81. The first-order valence-corrected chi connectivity index (χ1v) is 8.46. The van der Waals surface area contributed by atoms with Gasteiger partial charge in [0.25, 0.3) is 0 Å². The lowest BCUT2D eigenvalue weighted by atomic mass is 9.95. The van der Waals surface area contributed by atoms with E-state index in [2.05, 4.69) is 13.8 Å². The Kier molecular flexibility index (Phi) is 5.50. The summed E-state index contributed by atoms with van der Waals surface area (Å²) in [7, 11) is -0.992. The van der Waals surface area contributed by atoms with E-state index in [9.17, 15) is 13.6 Å². The monoisotopic (exact) mass is 334 g/mol. The third kappa shape index (κ3) is 4.16. The van der Waals surface area contributed by atoms with Crippen LogP contribution in [0.25, 0.3) is 0 Å². The second kappa shape index (κ2) is 7.37. The average molecular weight is 334 g/mol. The van der Waals surface area contributed by atoms with Gasteiger partial charge in [0.15, 0.2) is 4.64 Å². The minimum atomic E-state index is -2.58. The zero-order valence-corrected chi connectivity index (χ0v) is 14.3. The first-order valence-electron chi connectivity index (χ1n) is 7.38. The molecule has 1 aromatic heterocycles. The highest BCUT2D eigenvalue weighted by molar-refractivity contribution is 7.63. The largest absolute Gasteiger partial charge is 0.805 e. The molecule has 1 heterocycles. The molecule has 23 heavy (non-hydrogen) atoms. The van der Waals surface area contributed by atoms with E-state index in [4.69, 9.17) is 4.74 Å². The first kappa shape index (κ1) is 17.1. The molecule has 0 amide bonds. The fourth-order valence-corrected chi connectivity index (χ4v) is 3.15. The van der Waals surface area contributed by atoms with Crippen molar-refractivity contribution in [3.63, 3.8) is 0 Å². The van der Waals surface area contributed by atoms with Crippen LogP contribution in [0, 0.1) is 15.8 Å². The van der Waals surface area contributed by atoms with Crippen LogP contribution in [0.15, 0.2) is 36.5 Å². The van der Waals surface area contributed by atoms with Gasteiger partial charge in [-0.25, -0.2) is 0 Å². The van der Waals surface area contributed by atoms with Crippen LogP contribution in [-0.4, -0.2) is 20.3 Å². The average Bonchev–Trinajstić information content (AvgIpc) is 2.50. The van der Waals surface area contributed by atoms with Crippen LogP contribution in [0.2, 0.25) is 0 Å². The van der Waals surface area contributed by atoms with Gasteiger partial charge in [-0.05, 0) is 53.4 Å². The molecule has 0 atom stereocenters. The molecule has 0 aliphatic heterocycles. The molecule has 2 rings (SSSR count). The van der Waals surface area contributed by atoms with Gasteiger partial charge in [0, 0.05) is 6.42 Å². The number of aromatic nitrogens is 1.